The number of nitrogens with one attached hydrogen (secondary N) is 1. The SMILES string of the molecule is CC(C)n1ncc2cc(NC(=O)c3cccc(CN4CCCC4=O)c3)cnc21. The highest BCUT2D eigenvalue weighted by molar-refractivity contribution is 6.04. The third-order valence-corrected chi connectivity index (χ3v) is 4.91. The van der Waals surface area contributed by atoms with E-state index in [-0.39, 0.29) is 17.9 Å². The monoisotopic (exact) mass is 377 g/mol. The van der Waals surface area contributed by atoms with Crippen molar-refractivity contribution in [1.82, 2.24) is 19.7 Å². The molecule has 4 rings (SSSR count). The number of rotatable bonds is 5. The normalized spacial score (nSPS) is 14.2. The summed E-state index contributed by atoms with van der Waals surface area (Å²) in [5.74, 6) is -0.0248. The van der Waals surface area contributed by atoms with Crippen LogP contribution in [0.15, 0.2) is 42.7 Å². The van der Waals surface area contributed by atoms with Gasteiger partial charge in [-0.05, 0) is 44.0 Å². The Morgan fingerprint density at radius 1 is 1.25 bits per heavy atom. The van der Waals surface area contributed by atoms with Gasteiger partial charge >= 0.3 is 0 Å². The van der Waals surface area contributed by atoms with Crippen molar-refractivity contribution < 1.29 is 9.59 Å². The lowest BCUT2D eigenvalue weighted by atomic mass is 10.1. The summed E-state index contributed by atoms with van der Waals surface area (Å²) in [6, 6.07) is 9.49. The molecule has 0 saturated carbocycles. The van der Waals surface area contributed by atoms with E-state index in [0.29, 0.717) is 24.2 Å². The molecule has 1 N–H and O–H groups in total. The van der Waals surface area contributed by atoms with E-state index in [1.807, 2.05) is 47.7 Å². The average molecular weight is 377 g/mol. The molecule has 1 aliphatic rings. The third-order valence-electron chi connectivity index (χ3n) is 4.91. The average Bonchev–Trinajstić information content (AvgIpc) is 3.28. The predicted octanol–water partition coefficient (Wildman–Crippen LogP) is 3.39. The summed E-state index contributed by atoms with van der Waals surface area (Å²) in [7, 11) is 0. The molecule has 1 aliphatic heterocycles. The molecule has 0 unspecified atom stereocenters. The second-order valence-corrected chi connectivity index (χ2v) is 7.39. The molecule has 0 aliphatic carbocycles. The van der Waals surface area contributed by atoms with Gasteiger partial charge in [0.1, 0.15) is 0 Å². The van der Waals surface area contributed by atoms with Gasteiger partial charge in [-0.15, -0.1) is 0 Å². The van der Waals surface area contributed by atoms with Crippen LogP contribution in [0.25, 0.3) is 11.0 Å². The Balaban J connectivity index is 1.49. The lowest BCUT2D eigenvalue weighted by Gasteiger charge is -2.16. The molecule has 7 nitrogen and oxygen atoms in total. The van der Waals surface area contributed by atoms with Crippen molar-refractivity contribution in [3.8, 4) is 0 Å². The van der Waals surface area contributed by atoms with Crippen molar-refractivity contribution in [2.24, 2.45) is 0 Å². The first-order valence-corrected chi connectivity index (χ1v) is 9.52. The number of fused-ring (bicyclic) bond motifs is 1. The Kier molecular flexibility index (Phi) is 4.81. The number of amides is 2. The standard InChI is InChI=1S/C21H23N5O2/c1-14(2)26-20-17(11-23-26)10-18(12-22-20)24-21(28)16-6-3-5-15(9-16)13-25-8-4-7-19(25)27/h3,5-6,9-12,14H,4,7-8,13H2,1-2H3,(H,24,28). The maximum atomic E-state index is 12.7. The minimum absolute atomic E-state index is 0.177. The molecule has 2 aromatic heterocycles. The van der Waals surface area contributed by atoms with Crippen molar-refractivity contribution in [2.45, 2.75) is 39.3 Å². The zero-order valence-corrected chi connectivity index (χ0v) is 16.1. The second kappa shape index (κ2) is 7.42. The van der Waals surface area contributed by atoms with Crippen LogP contribution in [-0.2, 0) is 11.3 Å². The lowest BCUT2D eigenvalue weighted by Crippen LogP contribution is -2.24. The minimum Gasteiger partial charge on any atom is -0.338 e. The largest absolute Gasteiger partial charge is 0.338 e. The summed E-state index contributed by atoms with van der Waals surface area (Å²) in [5, 5.41) is 8.13. The molecule has 3 heterocycles. The van der Waals surface area contributed by atoms with E-state index in [2.05, 4.69) is 15.4 Å². The topological polar surface area (TPSA) is 80.1 Å². The number of nitrogens with zero attached hydrogens (tertiary/aromatic N) is 4. The summed E-state index contributed by atoms with van der Waals surface area (Å²) in [4.78, 5) is 30.8. The fourth-order valence-electron chi connectivity index (χ4n) is 3.49. The van der Waals surface area contributed by atoms with E-state index in [4.69, 9.17) is 0 Å². The number of aromatic nitrogens is 3. The second-order valence-electron chi connectivity index (χ2n) is 7.39. The van der Waals surface area contributed by atoms with Gasteiger partial charge in [-0.25, -0.2) is 9.67 Å². The summed E-state index contributed by atoms with van der Waals surface area (Å²) in [6.07, 6.45) is 4.92. The highest BCUT2D eigenvalue weighted by Gasteiger charge is 2.20. The van der Waals surface area contributed by atoms with Gasteiger partial charge in [0.25, 0.3) is 5.91 Å². The molecule has 3 aromatic rings. The van der Waals surface area contributed by atoms with Gasteiger partial charge in [0, 0.05) is 36.5 Å². The molecular weight excluding hydrogens is 354 g/mol. The third kappa shape index (κ3) is 3.60. The van der Waals surface area contributed by atoms with Crippen molar-refractivity contribution >= 4 is 28.5 Å². The number of hydrogen-bond acceptors (Lipinski definition) is 4. The van der Waals surface area contributed by atoms with Gasteiger partial charge in [-0.3, -0.25) is 9.59 Å². The number of hydrogen-bond donors (Lipinski definition) is 1. The predicted molar refractivity (Wildman–Crippen MR) is 107 cm³/mol. The molecule has 0 atom stereocenters. The Bertz CT molecular complexity index is 1040. The Labute approximate surface area is 163 Å². The number of likely N-dealkylation sites (tertiary alicyclic amines) is 1. The Morgan fingerprint density at radius 2 is 2.11 bits per heavy atom. The number of carbonyl (C=O) groups is 2. The number of pyridine rings is 1. The van der Waals surface area contributed by atoms with Gasteiger partial charge in [0.2, 0.25) is 5.91 Å². The van der Waals surface area contributed by atoms with E-state index in [1.165, 1.54) is 0 Å². The molecule has 0 bridgehead atoms. The van der Waals surface area contributed by atoms with Crippen LogP contribution in [0.2, 0.25) is 0 Å². The molecule has 1 aromatic carbocycles. The first-order chi connectivity index (χ1) is 13.5. The van der Waals surface area contributed by atoms with Gasteiger partial charge in [0.15, 0.2) is 5.65 Å². The lowest BCUT2D eigenvalue weighted by molar-refractivity contribution is -0.128. The van der Waals surface area contributed by atoms with Crippen molar-refractivity contribution in [3.63, 3.8) is 0 Å². The summed E-state index contributed by atoms with van der Waals surface area (Å²) in [5.41, 5.74) is 2.93. The quantitative estimate of drug-likeness (QED) is 0.739. The van der Waals surface area contributed by atoms with Crippen LogP contribution >= 0.6 is 0 Å². The minimum atomic E-state index is -0.202. The zero-order valence-electron chi connectivity index (χ0n) is 16.1. The molecule has 28 heavy (non-hydrogen) atoms. The van der Waals surface area contributed by atoms with Crippen LogP contribution in [0.1, 0.15) is 48.7 Å². The van der Waals surface area contributed by atoms with Crippen molar-refractivity contribution in [1.29, 1.82) is 0 Å². The number of anilines is 1. The van der Waals surface area contributed by atoms with Crippen LogP contribution in [0.5, 0.6) is 0 Å². The van der Waals surface area contributed by atoms with Gasteiger partial charge in [0.05, 0.1) is 18.1 Å². The van der Waals surface area contributed by atoms with Crippen molar-refractivity contribution in [2.75, 3.05) is 11.9 Å². The first kappa shape index (κ1) is 18.2. The zero-order chi connectivity index (χ0) is 19.7. The van der Waals surface area contributed by atoms with Crippen LogP contribution in [0, 0.1) is 0 Å². The molecule has 1 saturated heterocycles. The smallest absolute Gasteiger partial charge is 0.255 e. The van der Waals surface area contributed by atoms with Crippen LogP contribution in [0.4, 0.5) is 5.69 Å². The Hall–Kier alpha value is -3.22. The molecule has 144 valence electrons. The highest BCUT2D eigenvalue weighted by Crippen LogP contribution is 2.20. The van der Waals surface area contributed by atoms with Gasteiger partial charge in [-0.2, -0.15) is 5.10 Å². The maximum Gasteiger partial charge on any atom is 0.255 e. The first-order valence-electron chi connectivity index (χ1n) is 9.52. The van der Waals surface area contributed by atoms with E-state index in [9.17, 15) is 9.59 Å². The van der Waals surface area contributed by atoms with E-state index in [1.54, 1.807) is 18.5 Å². The van der Waals surface area contributed by atoms with Crippen molar-refractivity contribution in [3.05, 3.63) is 53.9 Å². The molecule has 0 radical (unpaired) electrons. The van der Waals surface area contributed by atoms with Crippen LogP contribution < -0.4 is 5.32 Å². The summed E-state index contributed by atoms with van der Waals surface area (Å²) < 4.78 is 1.85. The van der Waals surface area contributed by atoms with Gasteiger partial charge in [-0.1, -0.05) is 12.1 Å². The Morgan fingerprint density at radius 3 is 2.86 bits per heavy atom. The van der Waals surface area contributed by atoms with Crippen LogP contribution in [0.3, 0.4) is 0 Å². The van der Waals surface area contributed by atoms with E-state index >= 15 is 0 Å². The molecule has 0 spiro atoms. The molecule has 2 amide bonds. The summed E-state index contributed by atoms with van der Waals surface area (Å²) >= 11 is 0. The number of benzene rings is 1. The fraction of sp³-hybridized carbons (Fsp3) is 0.333. The van der Waals surface area contributed by atoms with E-state index in [0.717, 1.165) is 29.6 Å². The maximum absolute atomic E-state index is 12.7. The van der Waals surface area contributed by atoms with Crippen LogP contribution in [-0.4, -0.2) is 38.0 Å². The number of carbonyl (C=O) groups excluding carboxylic acids is 2. The summed E-state index contributed by atoms with van der Waals surface area (Å²) in [6.45, 7) is 5.42. The fourth-order valence-corrected chi connectivity index (χ4v) is 3.49. The highest BCUT2D eigenvalue weighted by atomic mass is 16.2. The molecular formula is C21H23N5O2. The molecule has 1 fully saturated rings. The van der Waals surface area contributed by atoms with E-state index < -0.39 is 0 Å². The van der Waals surface area contributed by atoms with Gasteiger partial charge < -0.3 is 10.2 Å². The molecule has 7 heteroatoms.